The van der Waals surface area contributed by atoms with Crippen molar-refractivity contribution in [2.45, 2.75) is 39.3 Å². The average Bonchev–Trinajstić information content (AvgIpc) is 3.24. The molecule has 1 fully saturated rings. The molecule has 4 rings (SSSR count). The number of anilines is 1. The fraction of sp³-hybridized carbons (Fsp3) is 0.385. The summed E-state index contributed by atoms with van der Waals surface area (Å²) in [5, 5.41) is 14.6. The van der Waals surface area contributed by atoms with Crippen molar-refractivity contribution in [1.29, 1.82) is 0 Å². The predicted molar refractivity (Wildman–Crippen MR) is 140 cm³/mol. The van der Waals surface area contributed by atoms with Crippen LogP contribution in [0.15, 0.2) is 46.9 Å². The van der Waals surface area contributed by atoms with Crippen molar-refractivity contribution in [3.8, 4) is 17.1 Å². The summed E-state index contributed by atoms with van der Waals surface area (Å²) in [4.78, 5) is 36.5. The normalized spacial score (nSPS) is 17.8. The number of phenolic OH excluding ortho intramolecular Hbond substituents is 1. The van der Waals surface area contributed by atoms with Gasteiger partial charge in [-0.05, 0) is 58.0 Å². The van der Waals surface area contributed by atoms with Crippen molar-refractivity contribution >= 4 is 44.7 Å². The zero-order chi connectivity index (χ0) is 26.0. The quantitative estimate of drug-likeness (QED) is 0.423. The summed E-state index contributed by atoms with van der Waals surface area (Å²) in [6.07, 6.45) is -0.492. The molecule has 2 aromatic carbocycles. The van der Waals surface area contributed by atoms with Gasteiger partial charge in [0.25, 0.3) is 0 Å². The van der Waals surface area contributed by atoms with Gasteiger partial charge in [-0.1, -0.05) is 28.1 Å². The molecule has 190 valence electrons. The van der Waals surface area contributed by atoms with Crippen molar-refractivity contribution < 1.29 is 24.2 Å². The van der Waals surface area contributed by atoms with E-state index in [-0.39, 0.29) is 25.4 Å². The van der Waals surface area contributed by atoms with Crippen LogP contribution in [0.4, 0.5) is 10.6 Å². The summed E-state index contributed by atoms with van der Waals surface area (Å²) in [6, 6.07) is 12.0. The van der Waals surface area contributed by atoms with Crippen LogP contribution in [0.1, 0.15) is 27.7 Å². The maximum atomic E-state index is 12.8. The number of phenols is 1. The lowest BCUT2D eigenvalue weighted by Gasteiger charge is -2.24. The first-order valence-corrected chi connectivity index (χ1v) is 12.5. The van der Waals surface area contributed by atoms with Gasteiger partial charge in [-0.25, -0.2) is 14.8 Å². The van der Waals surface area contributed by atoms with Crippen LogP contribution in [0.3, 0.4) is 0 Å². The van der Waals surface area contributed by atoms with Gasteiger partial charge in [-0.3, -0.25) is 4.79 Å². The number of benzene rings is 2. The summed E-state index contributed by atoms with van der Waals surface area (Å²) in [6.45, 7) is 7.76. The number of fused-ring (bicyclic) bond motifs is 1. The summed E-state index contributed by atoms with van der Waals surface area (Å²) >= 11 is 3.43. The van der Waals surface area contributed by atoms with Gasteiger partial charge in [0.05, 0.1) is 29.6 Å². The van der Waals surface area contributed by atoms with E-state index in [9.17, 15) is 14.7 Å². The Morgan fingerprint density at radius 3 is 2.64 bits per heavy atom. The molecule has 3 aromatic rings. The third kappa shape index (κ3) is 5.70. The Morgan fingerprint density at radius 1 is 1.17 bits per heavy atom. The second-order valence-corrected chi connectivity index (χ2v) is 10.5. The number of nitrogens with one attached hydrogen (secondary N) is 1. The SMILES string of the molecule is CCOC(=O)[C@@H]1CN(C(=O)OC(C)(C)C)C[C@H]1Nc1nc(-c2cc(Br)ccc2O)nc2ccccc12. The number of para-hydroxylation sites is 1. The Kier molecular flexibility index (Phi) is 7.35. The molecule has 36 heavy (non-hydrogen) atoms. The minimum absolute atomic E-state index is 0.0424. The maximum Gasteiger partial charge on any atom is 0.410 e. The standard InChI is InChI=1S/C26H29BrN4O5/c1-5-35-24(33)18-13-31(25(34)36-26(2,3)4)14-20(18)29-22-16-8-6-7-9-19(16)28-23(30-22)17-12-15(27)10-11-21(17)32/h6-12,18,20,32H,5,13-14H2,1-4H3,(H,28,29,30)/t18-,20-/m1/s1. The molecule has 9 nitrogen and oxygen atoms in total. The monoisotopic (exact) mass is 556 g/mol. The van der Waals surface area contributed by atoms with Gasteiger partial charge in [-0.2, -0.15) is 0 Å². The summed E-state index contributed by atoms with van der Waals surface area (Å²) in [5.74, 6) is -0.163. The molecule has 1 amide bonds. The van der Waals surface area contributed by atoms with E-state index in [0.717, 1.165) is 9.86 Å². The van der Waals surface area contributed by atoms with E-state index in [1.165, 1.54) is 4.90 Å². The molecule has 1 aliphatic rings. The number of ether oxygens (including phenoxy) is 2. The number of halogens is 1. The molecule has 1 aliphatic heterocycles. The van der Waals surface area contributed by atoms with E-state index in [0.29, 0.717) is 22.7 Å². The minimum atomic E-state index is -0.661. The van der Waals surface area contributed by atoms with Crippen molar-refractivity contribution in [3.63, 3.8) is 0 Å². The zero-order valence-corrected chi connectivity index (χ0v) is 22.2. The Bertz CT molecular complexity index is 1290. The molecule has 0 aliphatic carbocycles. The first-order valence-electron chi connectivity index (χ1n) is 11.7. The summed E-state index contributed by atoms with van der Waals surface area (Å²) < 4.78 is 11.6. The number of carbonyl (C=O) groups excluding carboxylic acids is 2. The van der Waals surface area contributed by atoms with E-state index in [1.807, 2.05) is 24.3 Å². The third-order valence-corrected chi connectivity index (χ3v) is 6.18. The van der Waals surface area contributed by atoms with Crippen LogP contribution in [0.25, 0.3) is 22.3 Å². The van der Waals surface area contributed by atoms with Gasteiger partial charge in [0.15, 0.2) is 5.82 Å². The number of carbonyl (C=O) groups is 2. The largest absolute Gasteiger partial charge is 0.507 e. The second-order valence-electron chi connectivity index (χ2n) is 9.57. The van der Waals surface area contributed by atoms with Gasteiger partial charge in [0, 0.05) is 22.9 Å². The highest BCUT2D eigenvalue weighted by Gasteiger charge is 2.42. The first kappa shape index (κ1) is 25.7. The van der Waals surface area contributed by atoms with E-state index in [2.05, 4.69) is 26.2 Å². The number of aromatic nitrogens is 2. The van der Waals surface area contributed by atoms with Crippen LogP contribution in [0.5, 0.6) is 5.75 Å². The fourth-order valence-electron chi connectivity index (χ4n) is 4.08. The van der Waals surface area contributed by atoms with Crippen LogP contribution in [0, 0.1) is 5.92 Å². The van der Waals surface area contributed by atoms with Crippen molar-refractivity contribution in [3.05, 3.63) is 46.9 Å². The molecule has 2 N–H and O–H groups in total. The summed E-state index contributed by atoms with van der Waals surface area (Å²) in [5.41, 5.74) is 0.465. The second kappa shape index (κ2) is 10.3. The molecule has 2 heterocycles. The van der Waals surface area contributed by atoms with Crippen LogP contribution in [-0.2, 0) is 14.3 Å². The lowest BCUT2D eigenvalue weighted by atomic mass is 10.0. The molecule has 1 aromatic heterocycles. The highest BCUT2D eigenvalue weighted by atomic mass is 79.9. The Hall–Kier alpha value is -3.40. The van der Waals surface area contributed by atoms with E-state index >= 15 is 0 Å². The molecular weight excluding hydrogens is 528 g/mol. The third-order valence-electron chi connectivity index (χ3n) is 5.69. The zero-order valence-electron chi connectivity index (χ0n) is 20.6. The highest BCUT2D eigenvalue weighted by Crippen LogP contribution is 2.33. The number of likely N-dealkylation sites (tertiary alicyclic amines) is 1. The Labute approximate surface area is 218 Å². The average molecular weight is 557 g/mol. The molecule has 10 heteroatoms. The molecule has 0 spiro atoms. The van der Waals surface area contributed by atoms with Crippen molar-refractivity contribution in [2.24, 2.45) is 5.92 Å². The Morgan fingerprint density at radius 2 is 1.92 bits per heavy atom. The maximum absolute atomic E-state index is 12.8. The number of aromatic hydroxyl groups is 1. The molecule has 0 saturated carbocycles. The number of nitrogens with zero attached hydrogens (tertiary/aromatic N) is 3. The fourth-order valence-corrected chi connectivity index (χ4v) is 4.44. The number of hydrogen-bond donors (Lipinski definition) is 2. The van der Waals surface area contributed by atoms with Gasteiger partial charge in [0.1, 0.15) is 17.2 Å². The van der Waals surface area contributed by atoms with Crippen LogP contribution < -0.4 is 5.32 Å². The number of amides is 1. The van der Waals surface area contributed by atoms with Crippen LogP contribution >= 0.6 is 15.9 Å². The molecule has 1 saturated heterocycles. The van der Waals surface area contributed by atoms with Crippen LogP contribution in [-0.4, -0.2) is 63.4 Å². The lowest BCUT2D eigenvalue weighted by Crippen LogP contribution is -2.36. The van der Waals surface area contributed by atoms with E-state index in [4.69, 9.17) is 14.5 Å². The van der Waals surface area contributed by atoms with Gasteiger partial charge in [0.2, 0.25) is 0 Å². The topological polar surface area (TPSA) is 114 Å². The number of rotatable bonds is 5. The lowest BCUT2D eigenvalue weighted by molar-refractivity contribution is -0.147. The number of hydrogen-bond acceptors (Lipinski definition) is 8. The predicted octanol–water partition coefficient (Wildman–Crippen LogP) is 4.98. The van der Waals surface area contributed by atoms with Gasteiger partial charge >= 0.3 is 12.1 Å². The first-order chi connectivity index (χ1) is 17.1. The van der Waals surface area contributed by atoms with E-state index < -0.39 is 29.6 Å². The molecule has 0 bridgehead atoms. The smallest absolute Gasteiger partial charge is 0.410 e. The molecule has 0 radical (unpaired) electrons. The van der Waals surface area contributed by atoms with Crippen LogP contribution in [0.2, 0.25) is 0 Å². The highest BCUT2D eigenvalue weighted by molar-refractivity contribution is 9.10. The van der Waals surface area contributed by atoms with Crippen molar-refractivity contribution in [2.75, 3.05) is 25.0 Å². The molecule has 0 unspecified atom stereocenters. The Balaban J connectivity index is 1.72. The van der Waals surface area contributed by atoms with Gasteiger partial charge in [-0.15, -0.1) is 0 Å². The summed E-state index contributed by atoms with van der Waals surface area (Å²) in [7, 11) is 0. The van der Waals surface area contributed by atoms with E-state index in [1.54, 1.807) is 45.9 Å². The molecule has 2 atom stereocenters. The molecular formula is C26H29BrN4O5. The minimum Gasteiger partial charge on any atom is -0.507 e. The van der Waals surface area contributed by atoms with Gasteiger partial charge < -0.3 is 24.8 Å². The number of esters is 1. The van der Waals surface area contributed by atoms with Crippen molar-refractivity contribution in [1.82, 2.24) is 14.9 Å².